The molecule has 2 atom stereocenters. The number of halogens is 3. The zero-order valence-corrected chi connectivity index (χ0v) is 14.5. The van der Waals surface area contributed by atoms with Crippen molar-refractivity contribution >= 4 is 18.3 Å². The Morgan fingerprint density at radius 3 is 2.29 bits per heavy atom. The minimum atomic E-state index is -0.583. The lowest BCUT2D eigenvalue weighted by Gasteiger charge is -2.43. The first-order chi connectivity index (χ1) is 11.0. The van der Waals surface area contributed by atoms with Gasteiger partial charge in [0.05, 0.1) is 0 Å². The summed E-state index contributed by atoms with van der Waals surface area (Å²) in [5.74, 6) is -0.132. The van der Waals surface area contributed by atoms with Crippen LogP contribution in [0.2, 0.25) is 0 Å². The highest BCUT2D eigenvalue weighted by molar-refractivity contribution is 5.85. The van der Waals surface area contributed by atoms with Crippen LogP contribution >= 0.6 is 12.4 Å². The summed E-state index contributed by atoms with van der Waals surface area (Å²) in [5.41, 5.74) is 6.81. The second kappa shape index (κ2) is 8.26. The molecule has 1 amide bonds. The molecule has 0 aromatic heterocycles. The van der Waals surface area contributed by atoms with E-state index in [2.05, 4.69) is 5.32 Å². The van der Waals surface area contributed by atoms with E-state index in [4.69, 9.17) is 5.73 Å². The Balaban J connectivity index is 0.00000208. The quantitative estimate of drug-likeness (QED) is 0.868. The van der Waals surface area contributed by atoms with Crippen molar-refractivity contribution in [1.82, 2.24) is 5.32 Å². The van der Waals surface area contributed by atoms with Crippen LogP contribution in [0.15, 0.2) is 18.2 Å². The number of hydrogen-bond donors (Lipinski definition) is 2. The topological polar surface area (TPSA) is 55.1 Å². The monoisotopic (exact) mass is 358 g/mol. The van der Waals surface area contributed by atoms with Crippen LogP contribution < -0.4 is 11.1 Å². The largest absolute Gasteiger partial charge is 0.356 e. The smallest absolute Gasteiger partial charge is 0.223 e. The van der Waals surface area contributed by atoms with E-state index in [0.717, 1.165) is 31.7 Å². The molecule has 0 aliphatic heterocycles. The predicted octanol–water partition coefficient (Wildman–Crippen LogP) is 3.20. The Morgan fingerprint density at radius 1 is 1.12 bits per heavy atom. The molecule has 2 aliphatic carbocycles. The standard InChI is InChI=1S/C18H24F2N2O.ClH/c19-15-6-11(7-16(20)10-15)4-5-22-18(23)14-8-12-2-1-3-13(9-14)17(12)21;/h6-7,10,12-14,17H,1-5,8-9,21H2,(H,22,23);1H. The van der Waals surface area contributed by atoms with Crippen molar-refractivity contribution < 1.29 is 13.6 Å². The molecule has 2 aliphatic rings. The Kier molecular flexibility index (Phi) is 6.58. The van der Waals surface area contributed by atoms with E-state index in [0.29, 0.717) is 30.4 Å². The van der Waals surface area contributed by atoms with Gasteiger partial charge in [-0.25, -0.2) is 8.78 Å². The van der Waals surface area contributed by atoms with Gasteiger partial charge in [-0.15, -0.1) is 12.4 Å². The van der Waals surface area contributed by atoms with Gasteiger partial charge in [-0.2, -0.15) is 0 Å². The minimum Gasteiger partial charge on any atom is -0.356 e. The normalized spacial score (nSPS) is 28.8. The third-order valence-electron chi connectivity index (χ3n) is 5.42. The highest BCUT2D eigenvalue weighted by Crippen LogP contribution is 2.41. The molecule has 2 saturated carbocycles. The van der Waals surface area contributed by atoms with Crippen LogP contribution in [0, 0.1) is 29.4 Å². The molecule has 6 heteroatoms. The zero-order chi connectivity index (χ0) is 16.4. The number of fused-ring (bicyclic) bond motifs is 2. The number of benzene rings is 1. The number of rotatable bonds is 4. The van der Waals surface area contributed by atoms with E-state index >= 15 is 0 Å². The van der Waals surface area contributed by atoms with Crippen molar-refractivity contribution in [2.24, 2.45) is 23.5 Å². The Morgan fingerprint density at radius 2 is 1.71 bits per heavy atom. The van der Waals surface area contributed by atoms with Crippen LogP contribution in [-0.4, -0.2) is 18.5 Å². The van der Waals surface area contributed by atoms with E-state index in [1.807, 2.05) is 0 Å². The molecule has 1 aromatic carbocycles. The fraction of sp³-hybridized carbons (Fsp3) is 0.611. The Hall–Kier alpha value is -1.20. The first kappa shape index (κ1) is 19.1. The second-order valence-corrected chi connectivity index (χ2v) is 7.02. The van der Waals surface area contributed by atoms with Crippen molar-refractivity contribution in [3.63, 3.8) is 0 Å². The molecule has 0 spiro atoms. The molecule has 0 heterocycles. The van der Waals surface area contributed by atoms with Crippen molar-refractivity contribution in [3.05, 3.63) is 35.4 Å². The number of carbonyl (C=O) groups is 1. The van der Waals surface area contributed by atoms with Crippen LogP contribution in [0.4, 0.5) is 8.78 Å². The van der Waals surface area contributed by atoms with Crippen molar-refractivity contribution in [2.45, 2.75) is 44.6 Å². The van der Waals surface area contributed by atoms with Gasteiger partial charge in [-0.05, 0) is 61.6 Å². The van der Waals surface area contributed by atoms with Crippen molar-refractivity contribution in [2.75, 3.05) is 6.54 Å². The van der Waals surface area contributed by atoms with Crippen molar-refractivity contribution in [1.29, 1.82) is 0 Å². The predicted molar refractivity (Wildman–Crippen MR) is 91.9 cm³/mol. The molecule has 0 saturated heterocycles. The summed E-state index contributed by atoms with van der Waals surface area (Å²) in [6.07, 6.45) is 5.66. The number of carbonyl (C=O) groups excluding carboxylic acids is 1. The highest BCUT2D eigenvalue weighted by atomic mass is 35.5. The van der Waals surface area contributed by atoms with Gasteiger partial charge in [-0.3, -0.25) is 4.79 Å². The molecular formula is C18H25ClF2N2O. The van der Waals surface area contributed by atoms with Gasteiger partial charge < -0.3 is 11.1 Å². The van der Waals surface area contributed by atoms with E-state index in [-0.39, 0.29) is 30.3 Å². The van der Waals surface area contributed by atoms with Gasteiger partial charge in [0.2, 0.25) is 5.91 Å². The minimum absolute atomic E-state index is 0. The first-order valence-corrected chi connectivity index (χ1v) is 8.51. The van der Waals surface area contributed by atoms with E-state index in [1.165, 1.54) is 18.6 Å². The molecule has 2 fully saturated rings. The molecule has 134 valence electrons. The second-order valence-electron chi connectivity index (χ2n) is 7.02. The number of amides is 1. The first-order valence-electron chi connectivity index (χ1n) is 8.51. The average molecular weight is 359 g/mol. The fourth-order valence-corrected chi connectivity index (χ4v) is 4.23. The SMILES string of the molecule is Cl.NC1C2CCCC1CC(C(=O)NCCc1cc(F)cc(F)c1)C2. The Labute approximate surface area is 147 Å². The van der Waals surface area contributed by atoms with Crippen molar-refractivity contribution in [3.8, 4) is 0 Å². The molecule has 24 heavy (non-hydrogen) atoms. The number of nitrogens with two attached hydrogens (primary N) is 1. The summed E-state index contributed by atoms with van der Waals surface area (Å²) in [4.78, 5) is 12.4. The van der Waals surface area contributed by atoms with Gasteiger partial charge in [0.1, 0.15) is 11.6 Å². The molecule has 3 nitrogen and oxygen atoms in total. The molecule has 2 bridgehead atoms. The van der Waals surface area contributed by atoms with E-state index in [1.54, 1.807) is 0 Å². The lowest BCUT2D eigenvalue weighted by atomic mass is 9.65. The summed E-state index contributed by atoms with van der Waals surface area (Å²) in [5, 5.41) is 2.92. The van der Waals surface area contributed by atoms with E-state index < -0.39 is 11.6 Å². The maximum atomic E-state index is 13.1. The lowest BCUT2D eigenvalue weighted by molar-refractivity contribution is -0.127. The summed E-state index contributed by atoms with van der Waals surface area (Å²) in [6, 6.07) is 3.72. The summed E-state index contributed by atoms with van der Waals surface area (Å²) >= 11 is 0. The molecule has 3 N–H and O–H groups in total. The van der Waals surface area contributed by atoms with Crippen LogP contribution in [-0.2, 0) is 11.2 Å². The van der Waals surface area contributed by atoms with E-state index in [9.17, 15) is 13.6 Å². The lowest BCUT2D eigenvalue weighted by Crippen LogP contribution is -2.49. The van der Waals surface area contributed by atoms with Gasteiger partial charge in [0.25, 0.3) is 0 Å². The van der Waals surface area contributed by atoms with Gasteiger partial charge >= 0.3 is 0 Å². The third-order valence-corrected chi connectivity index (χ3v) is 5.42. The molecule has 0 radical (unpaired) electrons. The highest BCUT2D eigenvalue weighted by Gasteiger charge is 2.40. The van der Waals surface area contributed by atoms with Crippen LogP contribution in [0.1, 0.15) is 37.7 Å². The van der Waals surface area contributed by atoms with Crippen LogP contribution in [0.3, 0.4) is 0 Å². The summed E-state index contributed by atoms with van der Waals surface area (Å²) in [6.45, 7) is 0.402. The maximum absolute atomic E-state index is 13.1. The maximum Gasteiger partial charge on any atom is 0.223 e. The Bertz CT molecular complexity index is 550. The summed E-state index contributed by atoms with van der Waals surface area (Å²) < 4.78 is 26.3. The molecule has 1 aromatic rings. The fourth-order valence-electron chi connectivity index (χ4n) is 4.23. The molecule has 3 rings (SSSR count). The van der Waals surface area contributed by atoms with Crippen LogP contribution in [0.25, 0.3) is 0 Å². The molecular weight excluding hydrogens is 334 g/mol. The van der Waals surface area contributed by atoms with Gasteiger partial charge in [0.15, 0.2) is 0 Å². The summed E-state index contributed by atoms with van der Waals surface area (Å²) in [7, 11) is 0. The van der Waals surface area contributed by atoms with Gasteiger partial charge in [-0.1, -0.05) is 6.42 Å². The van der Waals surface area contributed by atoms with Crippen LogP contribution in [0.5, 0.6) is 0 Å². The number of hydrogen-bond acceptors (Lipinski definition) is 2. The third kappa shape index (κ3) is 4.45. The number of nitrogens with one attached hydrogen (secondary N) is 1. The average Bonchev–Trinajstić information content (AvgIpc) is 2.45. The zero-order valence-electron chi connectivity index (χ0n) is 13.6. The van der Waals surface area contributed by atoms with Gasteiger partial charge in [0, 0.05) is 24.6 Å². The molecule has 2 unspecified atom stereocenters.